The zero-order valence-corrected chi connectivity index (χ0v) is 18.4. The molecule has 3 aromatic rings. The van der Waals surface area contributed by atoms with Gasteiger partial charge in [0.1, 0.15) is 18.1 Å². The minimum Gasteiger partial charge on any atom is -0.493 e. The molecule has 4 rings (SSSR count). The molecule has 0 radical (unpaired) electrons. The molecule has 1 aliphatic rings. The molecule has 0 bridgehead atoms. The number of hydrogen-bond donors (Lipinski definition) is 1. The minimum absolute atomic E-state index is 0.128. The van der Waals surface area contributed by atoms with Crippen LogP contribution >= 0.6 is 0 Å². The molecule has 1 unspecified atom stereocenters. The molecule has 0 spiro atoms. The first-order valence-electron chi connectivity index (χ1n) is 11.1. The van der Waals surface area contributed by atoms with E-state index in [9.17, 15) is 23.1 Å². The van der Waals surface area contributed by atoms with Crippen molar-refractivity contribution in [3.63, 3.8) is 0 Å². The largest absolute Gasteiger partial charge is 0.493 e. The topological polar surface area (TPSA) is 75.8 Å². The van der Waals surface area contributed by atoms with Gasteiger partial charge in [0.05, 0.1) is 17.9 Å². The summed E-state index contributed by atoms with van der Waals surface area (Å²) in [6.07, 6.45) is 0.0299. The van der Waals surface area contributed by atoms with Crippen molar-refractivity contribution in [1.82, 2.24) is 9.88 Å². The normalized spacial score (nSPS) is 17.0. The summed E-state index contributed by atoms with van der Waals surface area (Å²) in [7, 11) is 0. The Balaban J connectivity index is 1.29. The second kappa shape index (κ2) is 10.3. The number of benzene rings is 2. The minimum atomic E-state index is -4.43. The Morgan fingerprint density at radius 2 is 1.97 bits per heavy atom. The maximum absolute atomic E-state index is 12.9. The molecular weight excluding hydrogens is 449 g/mol. The Bertz CT molecular complexity index is 1110. The zero-order valence-electron chi connectivity index (χ0n) is 18.4. The number of oxazole rings is 1. The molecule has 0 saturated carbocycles. The maximum Gasteiger partial charge on any atom is 0.416 e. The maximum atomic E-state index is 12.9. The fraction of sp³-hybridized carbons (Fsp3) is 0.360. The van der Waals surface area contributed by atoms with E-state index in [0.29, 0.717) is 37.4 Å². The SMILES string of the molecule is O=C(O)C1CCCCN1Cc1ccc(OCCc2coc(-c3cccc(C(F)(F)F)c3)n2)cc1. The van der Waals surface area contributed by atoms with Gasteiger partial charge in [-0.1, -0.05) is 24.6 Å². The Morgan fingerprint density at radius 3 is 2.71 bits per heavy atom. The summed E-state index contributed by atoms with van der Waals surface area (Å²) in [5.74, 6) is 0.0188. The monoisotopic (exact) mass is 474 g/mol. The van der Waals surface area contributed by atoms with Crippen molar-refractivity contribution in [1.29, 1.82) is 0 Å². The van der Waals surface area contributed by atoms with Crippen LogP contribution in [0.15, 0.2) is 59.2 Å². The molecule has 1 aromatic heterocycles. The highest BCUT2D eigenvalue weighted by Crippen LogP contribution is 2.32. The quantitative estimate of drug-likeness (QED) is 0.470. The Hall–Kier alpha value is -3.33. The second-order valence-corrected chi connectivity index (χ2v) is 8.29. The number of piperidine rings is 1. The van der Waals surface area contributed by atoms with E-state index < -0.39 is 23.8 Å². The van der Waals surface area contributed by atoms with Crippen molar-refractivity contribution < 1.29 is 32.2 Å². The number of aliphatic carboxylic acids is 1. The molecule has 1 atom stereocenters. The van der Waals surface area contributed by atoms with Gasteiger partial charge in [-0.25, -0.2) is 4.98 Å². The van der Waals surface area contributed by atoms with E-state index in [-0.39, 0.29) is 11.5 Å². The van der Waals surface area contributed by atoms with Crippen LogP contribution in [0.25, 0.3) is 11.5 Å². The molecule has 2 aromatic carbocycles. The lowest BCUT2D eigenvalue weighted by molar-refractivity contribution is -0.145. The van der Waals surface area contributed by atoms with E-state index in [2.05, 4.69) is 4.98 Å². The lowest BCUT2D eigenvalue weighted by atomic mass is 10.0. The lowest BCUT2D eigenvalue weighted by Gasteiger charge is -2.32. The molecule has 0 amide bonds. The summed E-state index contributed by atoms with van der Waals surface area (Å²) >= 11 is 0. The van der Waals surface area contributed by atoms with E-state index in [4.69, 9.17) is 9.15 Å². The number of carboxylic acids is 1. The molecule has 1 fully saturated rings. The number of carboxylic acid groups (broad SMARTS) is 1. The van der Waals surface area contributed by atoms with Gasteiger partial charge in [0.2, 0.25) is 5.89 Å². The Labute approximate surface area is 195 Å². The number of halogens is 3. The van der Waals surface area contributed by atoms with Gasteiger partial charge in [0.25, 0.3) is 0 Å². The Kier molecular flexibility index (Phi) is 7.21. The second-order valence-electron chi connectivity index (χ2n) is 8.29. The number of likely N-dealkylation sites (tertiary alicyclic amines) is 1. The highest BCUT2D eigenvalue weighted by molar-refractivity contribution is 5.73. The van der Waals surface area contributed by atoms with Crippen LogP contribution in [0.4, 0.5) is 13.2 Å². The van der Waals surface area contributed by atoms with Crippen molar-refractivity contribution in [3.8, 4) is 17.2 Å². The number of rotatable bonds is 8. The Morgan fingerprint density at radius 1 is 1.18 bits per heavy atom. The third-order valence-corrected chi connectivity index (χ3v) is 5.82. The first-order chi connectivity index (χ1) is 16.3. The number of nitrogens with zero attached hydrogens (tertiary/aromatic N) is 2. The van der Waals surface area contributed by atoms with E-state index >= 15 is 0 Å². The number of aromatic nitrogens is 1. The predicted octanol–water partition coefficient (Wildman–Crippen LogP) is 5.42. The van der Waals surface area contributed by atoms with Crippen LogP contribution in [0.1, 0.15) is 36.1 Å². The number of carbonyl (C=O) groups is 1. The summed E-state index contributed by atoms with van der Waals surface area (Å²) in [6.45, 7) is 1.67. The van der Waals surface area contributed by atoms with Crippen LogP contribution in [-0.2, 0) is 23.9 Å². The third-order valence-electron chi connectivity index (χ3n) is 5.82. The molecule has 0 aliphatic carbocycles. The van der Waals surface area contributed by atoms with Gasteiger partial charge in [-0.2, -0.15) is 13.2 Å². The number of ether oxygens (including phenoxy) is 1. The van der Waals surface area contributed by atoms with Crippen LogP contribution in [0, 0.1) is 0 Å². The predicted molar refractivity (Wildman–Crippen MR) is 118 cm³/mol. The smallest absolute Gasteiger partial charge is 0.416 e. The molecule has 9 heteroatoms. The molecule has 1 N–H and O–H groups in total. The van der Waals surface area contributed by atoms with E-state index in [0.717, 1.165) is 37.1 Å². The summed E-state index contributed by atoms with van der Waals surface area (Å²) in [6, 6.07) is 11.9. The molecule has 1 aliphatic heterocycles. The van der Waals surface area contributed by atoms with Gasteiger partial charge < -0.3 is 14.3 Å². The first-order valence-corrected chi connectivity index (χ1v) is 11.1. The van der Waals surface area contributed by atoms with E-state index in [1.54, 1.807) is 0 Å². The standard InChI is InChI=1S/C25H25F3N2O4/c26-25(27,28)19-5-3-4-18(14-19)23-29-20(16-34-23)11-13-33-21-9-7-17(8-10-21)15-30-12-2-1-6-22(30)24(31)32/h3-5,7-10,14,16,22H,1-2,6,11-13,15H2,(H,31,32). The highest BCUT2D eigenvalue weighted by atomic mass is 19.4. The molecule has 1 saturated heterocycles. The number of hydrogen-bond acceptors (Lipinski definition) is 5. The van der Waals surface area contributed by atoms with Gasteiger partial charge in [-0.05, 0) is 55.3 Å². The van der Waals surface area contributed by atoms with Gasteiger partial charge in [0.15, 0.2) is 0 Å². The van der Waals surface area contributed by atoms with Gasteiger partial charge in [-0.15, -0.1) is 0 Å². The van der Waals surface area contributed by atoms with Crippen molar-refractivity contribution >= 4 is 5.97 Å². The molecule has 6 nitrogen and oxygen atoms in total. The summed E-state index contributed by atoms with van der Waals surface area (Å²) < 4.78 is 49.9. The fourth-order valence-electron chi connectivity index (χ4n) is 4.04. The van der Waals surface area contributed by atoms with Crippen molar-refractivity contribution in [2.45, 2.75) is 44.4 Å². The van der Waals surface area contributed by atoms with E-state index in [1.165, 1.54) is 18.4 Å². The molecule has 2 heterocycles. The molecule has 180 valence electrons. The summed E-state index contributed by atoms with van der Waals surface area (Å²) in [5.41, 5.74) is 1.10. The van der Waals surface area contributed by atoms with Crippen molar-refractivity contribution in [2.75, 3.05) is 13.2 Å². The zero-order chi connectivity index (χ0) is 24.1. The summed E-state index contributed by atoms with van der Waals surface area (Å²) in [5, 5.41) is 9.41. The summed E-state index contributed by atoms with van der Waals surface area (Å²) in [4.78, 5) is 17.7. The van der Waals surface area contributed by atoms with Crippen LogP contribution in [0.5, 0.6) is 5.75 Å². The van der Waals surface area contributed by atoms with Gasteiger partial charge >= 0.3 is 12.1 Å². The highest BCUT2D eigenvalue weighted by Gasteiger charge is 2.31. The van der Waals surface area contributed by atoms with Gasteiger partial charge in [0, 0.05) is 18.5 Å². The fourth-order valence-corrected chi connectivity index (χ4v) is 4.04. The van der Waals surface area contributed by atoms with Crippen molar-refractivity contribution in [3.05, 3.63) is 71.6 Å². The third kappa shape index (κ3) is 5.96. The van der Waals surface area contributed by atoms with Crippen LogP contribution in [0.2, 0.25) is 0 Å². The first kappa shape index (κ1) is 23.8. The van der Waals surface area contributed by atoms with Crippen molar-refractivity contribution in [2.24, 2.45) is 0 Å². The van der Waals surface area contributed by atoms with Crippen LogP contribution < -0.4 is 4.74 Å². The van der Waals surface area contributed by atoms with E-state index in [1.807, 2.05) is 29.2 Å². The molecule has 34 heavy (non-hydrogen) atoms. The van der Waals surface area contributed by atoms with Crippen LogP contribution in [-0.4, -0.2) is 40.2 Å². The average molecular weight is 474 g/mol. The molecular formula is C25H25F3N2O4. The average Bonchev–Trinajstić information content (AvgIpc) is 3.29. The number of alkyl halides is 3. The van der Waals surface area contributed by atoms with Gasteiger partial charge in [-0.3, -0.25) is 9.69 Å². The lowest BCUT2D eigenvalue weighted by Crippen LogP contribution is -2.43. The van der Waals surface area contributed by atoms with Crippen LogP contribution in [0.3, 0.4) is 0 Å².